The van der Waals surface area contributed by atoms with Gasteiger partial charge in [0.2, 0.25) is 0 Å². The van der Waals surface area contributed by atoms with Gasteiger partial charge in [-0.25, -0.2) is 4.68 Å². The number of hydrogen-bond acceptors (Lipinski definition) is 5. The van der Waals surface area contributed by atoms with E-state index in [9.17, 15) is 8.42 Å². The number of aryl methyl sites for hydroxylation is 1. The van der Waals surface area contributed by atoms with Crippen LogP contribution in [0.3, 0.4) is 0 Å². The molecule has 0 radical (unpaired) electrons. The minimum atomic E-state index is -3.97. The second-order valence-corrected chi connectivity index (χ2v) is 2.92. The van der Waals surface area contributed by atoms with E-state index in [1.807, 2.05) is 0 Å². The highest BCUT2D eigenvalue weighted by Gasteiger charge is 2.08. The van der Waals surface area contributed by atoms with Gasteiger partial charge in [-0.2, -0.15) is 13.6 Å². The zero-order chi connectivity index (χ0) is 8.48. The number of nitrogens with two attached hydrogens (primary N) is 1. The summed E-state index contributed by atoms with van der Waals surface area (Å²) in [4.78, 5) is 0. The van der Waals surface area contributed by atoms with Gasteiger partial charge in [0.1, 0.15) is 6.20 Å². The Morgan fingerprint density at radius 3 is 2.73 bits per heavy atom. The van der Waals surface area contributed by atoms with Crippen LogP contribution in [-0.2, 0) is 17.4 Å². The summed E-state index contributed by atoms with van der Waals surface area (Å²) in [5.41, 5.74) is 0. The Morgan fingerprint density at radius 1 is 1.73 bits per heavy atom. The highest BCUT2D eigenvalue weighted by molar-refractivity contribution is 7.84. The van der Waals surface area contributed by atoms with Crippen molar-refractivity contribution in [1.29, 1.82) is 0 Å². The molecule has 0 amide bonds. The van der Waals surface area contributed by atoms with Crippen molar-refractivity contribution in [3.05, 3.63) is 6.20 Å². The summed E-state index contributed by atoms with van der Waals surface area (Å²) >= 11 is 0. The Morgan fingerprint density at radius 2 is 2.36 bits per heavy atom. The van der Waals surface area contributed by atoms with Crippen molar-refractivity contribution >= 4 is 10.3 Å². The van der Waals surface area contributed by atoms with Crippen molar-refractivity contribution < 1.29 is 12.6 Å². The molecule has 0 aliphatic rings. The number of aromatic nitrogens is 3. The normalized spacial score (nSPS) is 11.5. The van der Waals surface area contributed by atoms with Crippen molar-refractivity contribution in [3.8, 4) is 5.88 Å². The summed E-state index contributed by atoms with van der Waals surface area (Å²) in [7, 11) is -2.49. The first-order valence-corrected chi connectivity index (χ1v) is 4.03. The van der Waals surface area contributed by atoms with Gasteiger partial charge in [-0.05, 0) is 0 Å². The molecule has 1 aromatic rings. The first-order valence-electron chi connectivity index (χ1n) is 2.56. The Bertz CT molecular complexity index is 341. The third kappa shape index (κ3) is 2.16. The van der Waals surface area contributed by atoms with Crippen molar-refractivity contribution in [2.75, 3.05) is 0 Å². The van der Waals surface area contributed by atoms with Gasteiger partial charge in [0.25, 0.3) is 5.88 Å². The lowest BCUT2D eigenvalue weighted by atomic mass is 10.8. The number of hydrogen-bond donors (Lipinski definition) is 1. The maximum Gasteiger partial charge on any atom is 0.381 e. The smallest absolute Gasteiger partial charge is 0.349 e. The number of rotatable bonds is 2. The van der Waals surface area contributed by atoms with Gasteiger partial charge < -0.3 is 4.18 Å². The lowest BCUT2D eigenvalue weighted by molar-refractivity contribution is 0.456. The Hall–Kier alpha value is -1.15. The first kappa shape index (κ1) is 7.95. The molecule has 1 rings (SSSR count). The van der Waals surface area contributed by atoms with Gasteiger partial charge in [0.05, 0.1) is 0 Å². The van der Waals surface area contributed by atoms with E-state index in [2.05, 4.69) is 19.6 Å². The van der Waals surface area contributed by atoms with Gasteiger partial charge in [0.15, 0.2) is 0 Å². The van der Waals surface area contributed by atoms with E-state index in [1.54, 1.807) is 0 Å². The maximum absolute atomic E-state index is 10.3. The van der Waals surface area contributed by atoms with Crippen molar-refractivity contribution in [3.63, 3.8) is 0 Å². The zero-order valence-corrected chi connectivity index (χ0v) is 6.45. The fourth-order valence-corrected chi connectivity index (χ4v) is 0.864. The summed E-state index contributed by atoms with van der Waals surface area (Å²) in [6, 6.07) is 0. The third-order valence-electron chi connectivity index (χ3n) is 0.874. The predicted octanol–water partition coefficient (Wildman–Crippen LogP) is -1.60. The monoisotopic (exact) mass is 178 g/mol. The van der Waals surface area contributed by atoms with E-state index < -0.39 is 10.3 Å². The topological polar surface area (TPSA) is 100 Å². The van der Waals surface area contributed by atoms with Crippen molar-refractivity contribution in [2.45, 2.75) is 0 Å². The molecule has 0 aliphatic carbocycles. The molecule has 0 atom stereocenters. The summed E-state index contributed by atoms with van der Waals surface area (Å²) < 4.78 is 26.1. The summed E-state index contributed by atoms with van der Waals surface area (Å²) in [6.45, 7) is 0. The lowest BCUT2D eigenvalue weighted by Crippen LogP contribution is -2.20. The molecule has 11 heavy (non-hydrogen) atoms. The highest BCUT2D eigenvalue weighted by Crippen LogP contribution is 2.05. The van der Waals surface area contributed by atoms with Crippen LogP contribution in [0.4, 0.5) is 0 Å². The minimum absolute atomic E-state index is 0.0208. The molecule has 0 aromatic carbocycles. The first-order chi connectivity index (χ1) is 4.99. The summed E-state index contributed by atoms with van der Waals surface area (Å²) in [6.07, 6.45) is 1.14. The molecule has 0 bridgehead atoms. The summed E-state index contributed by atoms with van der Waals surface area (Å²) in [5.74, 6) is -0.0208. The minimum Gasteiger partial charge on any atom is -0.349 e. The molecule has 7 nitrogen and oxygen atoms in total. The van der Waals surface area contributed by atoms with E-state index in [0.29, 0.717) is 0 Å². The van der Waals surface area contributed by atoms with Crippen LogP contribution in [0.15, 0.2) is 6.20 Å². The van der Waals surface area contributed by atoms with Crippen LogP contribution in [0.5, 0.6) is 5.88 Å². The maximum atomic E-state index is 10.3. The third-order valence-corrected chi connectivity index (χ3v) is 1.28. The molecule has 8 heteroatoms. The van der Waals surface area contributed by atoms with Crippen LogP contribution < -0.4 is 9.32 Å². The SMILES string of the molecule is Cn1nncc1OS(N)(=O)=O. The zero-order valence-electron chi connectivity index (χ0n) is 5.63. The quantitative estimate of drug-likeness (QED) is 0.587. The van der Waals surface area contributed by atoms with Crippen LogP contribution in [0.25, 0.3) is 0 Å². The lowest BCUT2D eigenvalue weighted by Gasteiger charge is -1.98. The van der Waals surface area contributed by atoms with Gasteiger partial charge in [-0.3, -0.25) is 0 Å². The molecule has 0 fully saturated rings. The summed E-state index contributed by atoms with van der Waals surface area (Å²) in [5, 5.41) is 11.4. The Kier molecular flexibility index (Phi) is 1.79. The Balaban J connectivity index is 2.89. The largest absolute Gasteiger partial charge is 0.381 e. The molecule has 0 aliphatic heterocycles. The second kappa shape index (κ2) is 2.47. The molecule has 0 spiro atoms. The van der Waals surface area contributed by atoms with Crippen LogP contribution in [0.2, 0.25) is 0 Å². The van der Waals surface area contributed by atoms with Crippen LogP contribution in [-0.4, -0.2) is 23.4 Å². The fourth-order valence-electron chi connectivity index (χ4n) is 0.475. The van der Waals surface area contributed by atoms with Crippen LogP contribution in [0.1, 0.15) is 0 Å². The molecular weight excluding hydrogens is 172 g/mol. The van der Waals surface area contributed by atoms with E-state index in [4.69, 9.17) is 0 Å². The van der Waals surface area contributed by atoms with Gasteiger partial charge in [0, 0.05) is 7.05 Å². The molecule has 0 unspecified atom stereocenters. The van der Waals surface area contributed by atoms with Crippen LogP contribution >= 0.6 is 0 Å². The number of nitrogens with zero attached hydrogens (tertiary/aromatic N) is 3. The van der Waals surface area contributed by atoms with Crippen molar-refractivity contribution in [1.82, 2.24) is 15.0 Å². The molecular formula is C3H6N4O3S. The molecule has 62 valence electrons. The van der Waals surface area contributed by atoms with E-state index in [1.165, 1.54) is 7.05 Å². The average Bonchev–Trinajstić information content (AvgIpc) is 2.12. The van der Waals surface area contributed by atoms with Gasteiger partial charge in [-0.1, -0.05) is 5.21 Å². The molecule has 0 saturated carbocycles. The van der Waals surface area contributed by atoms with E-state index >= 15 is 0 Å². The predicted molar refractivity (Wildman–Crippen MR) is 34.7 cm³/mol. The molecule has 1 aromatic heterocycles. The standard InChI is InChI=1S/C3H6N4O3S/c1-7-3(2-5-6-7)10-11(4,8)9/h2H,1H3,(H2,4,8,9). The van der Waals surface area contributed by atoms with E-state index in [-0.39, 0.29) is 5.88 Å². The molecule has 0 saturated heterocycles. The van der Waals surface area contributed by atoms with Crippen molar-refractivity contribution in [2.24, 2.45) is 12.2 Å². The highest BCUT2D eigenvalue weighted by atomic mass is 32.2. The fraction of sp³-hybridized carbons (Fsp3) is 0.333. The van der Waals surface area contributed by atoms with Gasteiger partial charge >= 0.3 is 10.3 Å². The van der Waals surface area contributed by atoms with Gasteiger partial charge in [-0.15, -0.1) is 5.10 Å². The van der Waals surface area contributed by atoms with E-state index in [0.717, 1.165) is 10.9 Å². The second-order valence-electron chi connectivity index (χ2n) is 1.77. The molecule has 2 N–H and O–H groups in total. The average molecular weight is 178 g/mol. The van der Waals surface area contributed by atoms with Crippen LogP contribution in [0, 0.1) is 0 Å². The Labute approximate surface area is 63.0 Å². The molecule has 1 heterocycles.